The number of carboxylic acid groups (broad SMARTS) is 1. The fraction of sp³-hybridized carbons (Fsp3) is 0.562. The number of benzene rings is 1. The third-order valence-corrected chi connectivity index (χ3v) is 4.21. The summed E-state index contributed by atoms with van der Waals surface area (Å²) < 4.78 is 0. The summed E-state index contributed by atoms with van der Waals surface area (Å²) in [7, 11) is 0. The van der Waals surface area contributed by atoms with Crippen LogP contribution in [0.1, 0.15) is 38.3 Å². The minimum absolute atomic E-state index is 0.165. The molecule has 0 bridgehead atoms. The Bertz CT molecular complexity index is 448. The van der Waals surface area contributed by atoms with Gasteiger partial charge in [0, 0.05) is 11.8 Å². The predicted molar refractivity (Wildman–Crippen MR) is 86.3 cm³/mol. The largest absolute Gasteiger partial charge is 0.480 e. The van der Waals surface area contributed by atoms with E-state index in [1.807, 2.05) is 13.8 Å². The molecule has 0 aromatic heterocycles. The number of aliphatic carboxylic acids is 1. The van der Waals surface area contributed by atoms with E-state index >= 15 is 0 Å². The molecule has 1 atom stereocenters. The average Bonchev–Trinajstić information content (AvgIpc) is 2.34. The van der Waals surface area contributed by atoms with Crippen LogP contribution in [0.5, 0.6) is 0 Å². The van der Waals surface area contributed by atoms with Crippen molar-refractivity contribution in [1.29, 1.82) is 0 Å². The molecule has 0 aliphatic carbocycles. The van der Waals surface area contributed by atoms with E-state index in [4.69, 9.17) is 0 Å². The van der Waals surface area contributed by atoms with Gasteiger partial charge in [-0.05, 0) is 45.4 Å². The molecule has 3 nitrogen and oxygen atoms in total. The SMILES string of the molecule is Cc1cccc(CSCCC(C)(NC(C)C)C(=O)O)c1. The molecular formula is C16H25NO2S. The van der Waals surface area contributed by atoms with Crippen molar-refractivity contribution in [2.45, 2.75) is 51.4 Å². The number of rotatable bonds is 8. The van der Waals surface area contributed by atoms with Gasteiger partial charge in [0.05, 0.1) is 0 Å². The van der Waals surface area contributed by atoms with Gasteiger partial charge in [0.25, 0.3) is 0 Å². The van der Waals surface area contributed by atoms with Gasteiger partial charge in [0.1, 0.15) is 5.54 Å². The highest BCUT2D eigenvalue weighted by Gasteiger charge is 2.32. The van der Waals surface area contributed by atoms with E-state index in [9.17, 15) is 9.90 Å². The molecule has 1 rings (SSSR count). The van der Waals surface area contributed by atoms with Gasteiger partial charge in [-0.2, -0.15) is 11.8 Å². The topological polar surface area (TPSA) is 49.3 Å². The van der Waals surface area contributed by atoms with Gasteiger partial charge in [0.15, 0.2) is 0 Å². The van der Waals surface area contributed by atoms with E-state index in [0.29, 0.717) is 6.42 Å². The molecular weight excluding hydrogens is 270 g/mol. The third kappa shape index (κ3) is 5.55. The lowest BCUT2D eigenvalue weighted by Crippen LogP contribution is -2.52. The predicted octanol–water partition coefficient (Wildman–Crippen LogP) is 3.46. The van der Waals surface area contributed by atoms with Crippen molar-refractivity contribution in [3.8, 4) is 0 Å². The Hall–Kier alpha value is -1.00. The molecule has 112 valence electrons. The molecule has 0 saturated heterocycles. The van der Waals surface area contributed by atoms with Gasteiger partial charge in [-0.3, -0.25) is 10.1 Å². The van der Waals surface area contributed by atoms with E-state index in [2.05, 4.69) is 36.5 Å². The molecule has 20 heavy (non-hydrogen) atoms. The van der Waals surface area contributed by atoms with Crippen molar-refractivity contribution >= 4 is 17.7 Å². The number of carboxylic acids is 1. The van der Waals surface area contributed by atoms with E-state index in [0.717, 1.165) is 11.5 Å². The van der Waals surface area contributed by atoms with Crippen molar-refractivity contribution in [2.24, 2.45) is 0 Å². The number of hydrogen-bond acceptors (Lipinski definition) is 3. The van der Waals surface area contributed by atoms with E-state index in [1.54, 1.807) is 18.7 Å². The van der Waals surface area contributed by atoms with Crippen LogP contribution in [-0.2, 0) is 10.5 Å². The molecule has 0 radical (unpaired) electrons. The highest BCUT2D eigenvalue weighted by Crippen LogP contribution is 2.19. The first-order valence-electron chi connectivity index (χ1n) is 6.98. The van der Waals surface area contributed by atoms with Crippen LogP contribution in [0.15, 0.2) is 24.3 Å². The van der Waals surface area contributed by atoms with Gasteiger partial charge < -0.3 is 5.11 Å². The van der Waals surface area contributed by atoms with Gasteiger partial charge in [-0.25, -0.2) is 0 Å². The Kier molecular flexibility index (Phi) is 6.56. The Labute approximate surface area is 126 Å². The standard InChI is InChI=1S/C16H25NO2S/c1-12(2)17-16(4,15(18)19)8-9-20-11-14-7-5-6-13(3)10-14/h5-7,10,12,17H,8-9,11H2,1-4H3,(H,18,19). The summed E-state index contributed by atoms with van der Waals surface area (Å²) in [6.07, 6.45) is 0.622. The molecule has 0 fully saturated rings. The lowest BCUT2D eigenvalue weighted by Gasteiger charge is -2.28. The van der Waals surface area contributed by atoms with Crippen LogP contribution in [-0.4, -0.2) is 28.4 Å². The zero-order valence-corrected chi connectivity index (χ0v) is 13.6. The summed E-state index contributed by atoms with van der Waals surface area (Å²) in [6.45, 7) is 7.80. The van der Waals surface area contributed by atoms with E-state index < -0.39 is 11.5 Å². The van der Waals surface area contributed by atoms with Crippen LogP contribution in [0.3, 0.4) is 0 Å². The molecule has 0 spiro atoms. The summed E-state index contributed by atoms with van der Waals surface area (Å²) in [5, 5.41) is 12.5. The molecule has 0 aliphatic heterocycles. The minimum Gasteiger partial charge on any atom is -0.480 e. The lowest BCUT2D eigenvalue weighted by atomic mass is 9.98. The van der Waals surface area contributed by atoms with Gasteiger partial charge in [0.2, 0.25) is 0 Å². The molecule has 1 aromatic rings. The maximum atomic E-state index is 11.4. The first-order valence-corrected chi connectivity index (χ1v) is 8.13. The van der Waals surface area contributed by atoms with Gasteiger partial charge in [-0.15, -0.1) is 0 Å². The van der Waals surface area contributed by atoms with Crippen LogP contribution < -0.4 is 5.32 Å². The van der Waals surface area contributed by atoms with Crippen molar-refractivity contribution in [2.75, 3.05) is 5.75 Å². The second-order valence-corrected chi connectivity index (χ2v) is 6.83. The smallest absolute Gasteiger partial charge is 0.323 e. The minimum atomic E-state index is -0.840. The van der Waals surface area contributed by atoms with Crippen molar-refractivity contribution in [1.82, 2.24) is 5.32 Å². The first-order chi connectivity index (χ1) is 9.33. The van der Waals surface area contributed by atoms with Crippen LogP contribution in [0.4, 0.5) is 0 Å². The Morgan fingerprint density at radius 3 is 2.70 bits per heavy atom. The Morgan fingerprint density at radius 2 is 2.15 bits per heavy atom. The summed E-state index contributed by atoms with van der Waals surface area (Å²) in [4.78, 5) is 11.4. The maximum Gasteiger partial charge on any atom is 0.323 e. The molecule has 0 amide bonds. The van der Waals surface area contributed by atoms with Crippen LogP contribution in [0.2, 0.25) is 0 Å². The molecule has 1 unspecified atom stereocenters. The summed E-state index contributed by atoms with van der Waals surface area (Å²) in [6, 6.07) is 8.60. The van der Waals surface area contributed by atoms with Crippen molar-refractivity contribution < 1.29 is 9.90 Å². The number of thioether (sulfide) groups is 1. The van der Waals surface area contributed by atoms with Gasteiger partial charge in [-0.1, -0.05) is 29.8 Å². The number of nitrogens with one attached hydrogen (secondary N) is 1. The molecule has 1 aromatic carbocycles. The quantitative estimate of drug-likeness (QED) is 0.721. The zero-order chi connectivity index (χ0) is 15.2. The fourth-order valence-electron chi connectivity index (χ4n) is 2.15. The van der Waals surface area contributed by atoms with Gasteiger partial charge >= 0.3 is 5.97 Å². The van der Waals surface area contributed by atoms with E-state index in [1.165, 1.54) is 11.1 Å². The van der Waals surface area contributed by atoms with E-state index in [-0.39, 0.29) is 6.04 Å². The highest BCUT2D eigenvalue weighted by atomic mass is 32.2. The van der Waals surface area contributed by atoms with Crippen LogP contribution in [0, 0.1) is 6.92 Å². The second kappa shape index (κ2) is 7.70. The van der Waals surface area contributed by atoms with Crippen molar-refractivity contribution in [3.63, 3.8) is 0 Å². The summed E-state index contributed by atoms with van der Waals surface area (Å²) in [5.41, 5.74) is 1.72. The normalized spacial score (nSPS) is 14.2. The number of hydrogen-bond donors (Lipinski definition) is 2. The maximum absolute atomic E-state index is 11.4. The zero-order valence-electron chi connectivity index (χ0n) is 12.8. The molecule has 0 aliphatic rings. The monoisotopic (exact) mass is 295 g/mol. The molecule has 2 N–H and O–H groups in total. The lowest BCUT2D eigenvalue weighted by molar-refractivity contribution is -0.144. The molecule has 4 heteroatoms. The number of aryl methyl sites for hydroxylation is 1. The Morgan fingerprint density at radius 1 is 1.45 bits per heavy atom. The Balaban J connectivity index is 2.43. The van der Waals surface area contributed by atoms with Crippen molar-refractivity contribution in [3.05, 3.63) is 35.4 Å². The third-order valence-electron chi connectivity index (χ3n) is 3.18. The molecule has 0 heterocycles. The fourth-order valence-corrected chi connectivity index (χ4v) is 3.26. The summed E-state index contributed by atoms with van der Waals surface area (Å²) >= 11 is 1.78. The molecule has 0 saturated carbocycles. The highest BCUT2D eigenvalue weighted by molar-refractivity contribution is 7.98. The summed E-state index contributed by atoms with van der Waals surface area (Å²) in [5.74, 6) is 0.984. The first kappa shape index (κ1) is 17.1. The van der Waals surface area contributed by atoms with Crippen LogP contribution in [0.25, 0.3) is 0 Å². The average molecular weight is 295 g/mol. The second-order valence-electron chi connectivity index (χ2n) is 5.73. The van der Waals surface area contributed by atoms with Crippen LogP contribution >= 0.6 is 11.8 Å². The number of carbonyl (C=O) groups is 1.